The number of amides is 2. The van der Waals surface area contributed by atoms with Crippen molar-refractivity contribution < 1.29 is 27.9 Å². The molecule has 12 nitrogen and oxygen atoms in total. The fraction of sp³-hybridized carbons (Fsp3) is 0.200. The number of aliphatic hydroxyl groups excluding tert-OH is 1. The van der Waals surface area contributed by atoms with E-state index in [1.807, 2.05) is 60.7 Å². The Hall–Kier alpha value is -4.77. The second-order valence-corrected chi connectivity index (χ2v) is 15.3. The third kappa shape index (κ3) is 7.38. The van der Waals surface area contributed by atoms with Crippen molar-refractivity contribution in [3.63, 3.8) is 0 Å². The monoisotopic (exact) mass is 730 g/mol. The van der Waals surface area contributed by atoms with Crippen molar-refractivity contribution in [1.29, 1.82) is 0 Å². The standard InChI is InChI=1S/C35H34N6O6S3/c1-47-35(44)40(34(43)33(36)32(24-8-4-2-5-9-24)25-10-6-3-7-11-25)20-26-12-15-30(49-26)29(21-42)41(19-23-17-38-39-18-23)50(45,46)27-13-14-28-31(16-27)48-22-37-28/h2-18,22,29,32-33,42H,19-21,36H2,1H3,(H,38,39)/t29?,33-/m0/s1. The van der Waals surface area contributed by atoms with Crippen molar-refractivity contribution in [3.8, 4) is 0 Å². The van der Waals surface area contributed by atoms with E-state index in [4.69, 9.17) is 10.5 Å². The number of hydrogen-bond acceptors (Lipinski definition) is 11. The number of benzene rings is 3. The van der Waals surface area contributed by atoms with Crippen LogP contribution in [-0.4, -0.2) is 69.7 Å². The summed E-state index contributed by atoms with van der Waals surface area (Å²) in [6, 6.07) is 24.6. The largest absolute Gasteiger partial charge is 0.452 e. The zero-order valence-corrected chi connectivity index (χ0v) is 29.3. The predicted octanol–water partition coefficient (Wildman–Crippen LogP) is 5.26. The number of nitrogens with one attached hydrogen (secondary N) is 1. The van der Waals surface area contributed by atoms with Crippen LogP contribution in [0.2, 0.25) is 0 Å². The maximum absolute atomic E-state index is 14.2. The van der Waals surface area contributed by atoms with Gasteiger partial charge in [-0.3, -0.25) is 9.89 Å². The maximum atomic E-state index is 14.2. The SMILES string of the molecule is COC(=O)N(Cc1ccc(C(CO)N(Cc2cn[nH]c2)S(=O)(=O)c2ccc3ncsc3c2)s1)C(=O)[C@@H](N)C(c1ccccc1)c1ccccc1. The Bertz CT molecular complexity index is 2120. The van der Waals surface area contributed by atoms with E-state index in [-0.39, 0.29) is 18.0 Å². The molecule has 4 N–H and O–H groups in total. The molecule has 3 aromatic carbocycles. The highest BCUT2D eigenvalue weighted by molar-refractivity contribution is 7.89. The second kappa shape index (κ2) is 15.4. The first-order valence-electron chi connectivity index (χ1n) is 15.5. The molecule has 258 valence electrons. The minimum absolute atomic E-state index is 0.0517. The quantitative estimate of drug-likeness (QED) is 0.143. The Morgan fingerprint density at radius 3 is 2.30 bits per heavy atom. The number of aromatic nitrogens is 3. The number of hydrogen-bond donors (Lipinski definition) is 3. The number of aliphatic hydroxyl groups is 1. The van der Waals surface area contributed by atoms with E-state index in [1.165, 1.54) is 46.4 Å². The molecule has 50 heavy (non-hydrogen) atoms. The Balaban J connectivity index is 1.30. The van der Waals surface area contributed by atoms with Crippen LogP contribution in [-0.2, 0) is 32.6 Å². The van der Waals surface area contributed by atoms with Crippen molar-refractivity contribution in [2.75, 3.05) is 13.7 Å². The second-order valence-electron chi connectivity index (χ2n) is 11.4. The van der Waals surface area contributed by atoms with Crippen molar-refractivity contribution >= 4 is 54.9 Å². The molecule has 6 rings (SSSR count). The summed E-state index contributed by atoms with van der Waals surface area (Å²) >= 11 is 2.49. The number of nitrogens with zero attached hydrogens (tertiary/aromatic N) is 4. The molecule has 2 atom stereocenters. The number of carbonyl (C=O) groups excluding carboxylic acids is 2. The van der Waals surface area contributed by atoms with Gasteiger partial charge < -0.3 is 15.6 Å². The number of carbonyl (C=O) groups is 2. The molecule has 0 aliphatic rings. The first-order valence-corrected chi connectivity index (χ1v) is 18.6. The molecule has 0 radical (unpaired) electrons. The minimum atomic E-state index is -4.16. The summed E-state index contributed by atoms with van der Waals surface area (Å²) in [4.78, 5) is 33.4. The highest BCUT2D eigenvalue weighted by Crippen LogP contribution is 2.35. The lowest BCUT2D eigenvalue weighted by Crippen LogP contribution is -2.49. The van der Waals surface area contributed by atoms with Crippen molar-refractivity contribution in [2.45, 2.75) is 36.0 Å². The zero-order valence-electron chi connectivity index (χ0n) is 26.8. The minimum Gasteiger partial charge on any atom is -0.452 e. The molecule has 3 heterocycles. The molecule has 3 aromatic heterocycles. The number of imide groups is 1. The normalized spacial score (nSPS) is 13.1. The molecular weight excluding hydrogens is 697 g/mol. The number of ether oxygens (including phenoxy) is 1. The average molecular weight is 731 g/mol. The Labute approximate surface area is 296 Å². The van der Waals surface area contributed by atoms with Crippen molar-refractivity contribution in [2.24, 2.45) is 5.73 Å². The van der Waals surface area contributed by atoms with Crippen LogP contribution in [0, 0.1) is 0 Å². The number of fused-ring (bicyclic) bond motifs is 1. The van der Waals surface area contributed by atoms with Gasteiger partial charge in [0.2, 0.25) is 15.9 Å². The molecule has 0 saturated carbocycles. The van der Waals surface area contributed by atoms with Gasteiger partial charge in [0.1, 0.15) is 0 Å². The lowest BCUT2D eigenvalue weighted by atomic mass is 9.85. The lowest BCUT2D eigenvalue weighted by Gasteiger charge is -2.29. The van der Waals surface area contributed by atoms with E-state index < -0.39 is 46.6 Å². The van der Waals surface area contributed by atoms with Crippen LogP contribution in [0.1, 0.15) is 38.4 Å². The highest BCUT2D eigenvalue weighted by atomic mass is 32.2. The van der Waals surface area contributed by atoms with Crippen LogP contribution >= 0.6 is 22.7 Å². The molecule has 15 heteroatoms. The number of methoxy groups -OCH3 is 1. The third-order valence-corrected chi connectivity index (χ3v) is 12.1. The van der Waals surface area contributed by atoms with Gasteiger partial charge in [0.15, 0.2) is 0 Å². The smallest absolute Gasteiger partial charge is 0.416 e. The van der Waals surface area contributed by atoms with E-state index in [1.54, 1.807) is 36.0 Å². The number of H-pyrrole nitrogens is 1. The molecule has 0 bridgehead atoms. The Kier molecular flexibility index (Phi) is 10.8. The molecular formula is C35H34N6O6S3. The van der Waals surface area contributed by atoms with Gasteiger partial charge in [-0.1, -0.05) is 60.7 Å². The lowest BCUT2D eigenvalue weighted by molar-refractivity contribution is -0.131. The van der Waals surface area contributed by atoms with Crippen LogP contribution < -0.4 is 5.73 Å². The van der Waals surface area contributed by atoms with Crippen molar-refractivity contribution in [1.82, 2.24) is 24.4 Å². The Morgan fingerprint density at radius 2 is 1.68 bits per heavy atom. The van der Waals surface area contributed by atoms with Gasteiger partial charge in [-0.2, -0.15) is 9.40 Å². The van der Waals surface area contributed by atoms with Crippen LogP contribution in [0.25, 0.3) is 10.2 Å². The molecule has 0 aliphatic carbocycles. The zero-order chi connectivity index (χ0) is 35.3. The summed E-state index contributed by atoms with van der Waals surface area (Å²) in [7, 11) is -2.98. The summed E-state index contributed by atoms with van der Waals surface area (Å²) in [5, 5.41) is 17.4. The number of thiophene rings is 1. The number of sulfonamides is 1. The fourth-order valence-corrected chi connectivity index (χ4v) is 9.34. The summed E-state index contributed by atoms with van der Waals surface area (Å²) in [6.45, 7) is -0.810. The molecule has 0 fully saturated rings. The fourth-order valence-electron chi connectivity index (χ4n) is 5.77. The molecule has 2 amide bonds. The summed E-state index contributed by atoms with van der Waals surface area (Å²) in [5.41, 5.74) is 11.2. The first-order chi connectivity index (χ1) is 24.2. The third-order valence-electron chi connectivity index (χ3n) is 8.27. The van der Waals surface area contributed by atoms with E-state index >= 15 is 0 Å². The topological polar surface area (TPSA) is 172 Å². The molecule has 0 spiro atoms. The van der Waals surface area contributed by atoms with E-state index in [2.05, 4.69) is 15.2 Å². The van der Waals surface area contributed by atoms with E-state index in [9.17, 15) is 23.1 Å². The van der Waals surface area contributed by atoms with E-state index in [0.29, 0.717) is 25.5 Å². The maximum Gasteiger partial charge on any atom is 0.416 e. The van der Waals surface area contributed by atoms with Crippen LogP contribution in [0.15, 0.2) is 114 Å². The molecule has 0 saturated heterocycles. The first kappa shape index (κ1) is 35.1. The van der Waals surface area contributed by atoms with Crippen LogP contribution in [0.5, 0.6) is 0 Å². The number of rotatable bonds is 13. The number of nitrogens with two attached hydrogens (primary N) is 1. The van der Waals surface area contributed by atoms with Gasteiger partial charge in [-0.05, 0) is 41.5 Å². The summed E-state index contributed by atoms with van der Waals surface area (Å²) in [6.07, 6.45) is 2.22. The van der Waals surface area contributed by atoms with E-state index in [0.717, 1.165) is 16.0 Å². The summed E-state index contributed by atoms with van der Waals surface area (Å²) in [5.74, 6) is -1.20. The number of thiazole rings is 1. The molecule has 0 aliphatic heterocycles. The summed E-state index contributed by atoms with van der Waals surface area (Å²) < 4.78 is 35.4. The van der Waals surface area contributed by atoms with Gasteiger partial charge in [0.25, 0.3) is 0 Å². The van der Waals surface area contributed by atoms with Gasteiger partial charge in [-0.15, -0.1) is 22.7 Å². The number of aromatic amines is 1. The van der Waals surface area contributed by atoms with Crippen molar-refractivity contribution in [3.05, 3.63) is 135 Å². The predicted molar refractivity (Wildman–Crippen MR) is 191 cm³/mol. The van der Waals surface area contributed by atoms with Crippen LogP contribution in [0.4, 0.5) is 4.79 Å². The van der Waals surface area contributed by atoms with Gasteiger partial charge in [0.05, 0.1) is 59.2 Å². The molecule has 6 aromatic rings. The highest BCUT2D eigenvalue weighted by Gasteiger charge is 2.36. The van der Waals surface area contributed by atoms with Gasteiger partial charge in [0, 0.05) is 34.0 Å². The van der Waals surface area contributed by atoms with Gasteiger partial charge in [-0.25, -0.2) is 23.1 Å². The Morgan fingerprint density at radius 1 is 0.980 bits per heavy atom. The van der Waals surface area contributed by atoms with Gasteiger partial charge >= 0.3 is 6.09 Å². The molecule has 1 unspecified atom stereocenters. The average Bonchev–Trinajstić information content (AvgIpc) is 3.94. The van der Waals surface area contributed by atoms with Crippen LogP contribution in [0.3, 0.4) is 0 Å².